The van der Waals surface area contributed by atoms with Crippen LogP contribution in [-0.2, 0) is 6.42 Å². The van der Waals surface area contributed by atoms with Crippen LogP contribution in [0.3, 0.4) is 0 Å². The van der Waals surface area contributed by atoms with Gasteiger partial charge in [-0.3, -0.25) is 4.79 Å². The topological polar surface area (TPSA) is 94.1 Å². The molecule has 3 N–H and O–H groups in total. The average Bonchev–Trinajstić information content (AvgIpc) is 3.01. The van der Waals surface area contributed by atoms with E-state index in [9.17, 15) is 9.90 Å². The molecular weight excluding hydrogens is 306 g/mol. The molecule has 1 aliphatic heterocycles. The van der Waals surface area contributed by atoms with Crippen molar-refractivity contribution in [1.82, 2.24) is 25.2 Å². The molecule has 0 bridgehead atoms. The lowest BCUT2D eigenvalue weighted by atomic mass is 9.84. The predicted molar refractivity (Wildman–Crippen MR) is 91.9 cm³/mol. The predicted octanol–water partition coefficient (Wildman–Crippen LogP) is 1.10. The molecule has 130 valence electrons. The van der Waals surface area contributed by atoms with Gasteiger partial charge in [-0.1, -0.05) is 6.92 Å². The van der Waals surface area contributed by atoms with E-state index in [0.717, 1.165) is 38.2 Å². The standard InChI is InChI=1S/C17H25N5O2/c1-3-13-19-14-12(4-8-18-15(14)20-13)16(24)21-17(7-11-23)5-9-22(2)10-6-17/h4,8,23H,3,5-7,9-11H2,1-2H3,(H,21,24)(H,18,19,20). The Morgan fingerprint density at radius 3 is 2.88 bits per heavy atom. The van der Waals surface area contributed by atoms with Gasteiger partial charge in [0.2, 0.25) is 0 Å². The minimum atomic E-state index is -0.346. The zero-order chi connectivity index (χ0) is 17.2. The summed E-state index contributed by atoms with van der Waals surface area (Å²) in [6, 6.07) is 1.72. The van der Waals surface area contributed by atoms with Gasteiger partial charge in [0.15, 0.2) is 5.65 Å². The van der Waals surface area contributed by atoms with Gasteiger partial charge in [0.1, 0.15) is 5.82 Å². The fourth-order valence-corrected chi connectivity index (χ4v) is 3.32. The largest absolute Gasteiger partial charge is 0.396 e. The van der Waals surface area contributed by atoms with E-state index in [4.69, 9.17) is 0 Å². The van der Waals surface area contributed by atoms with Crippen LogP contribution in [-0.4, -0.2) is 63.1 Å². The quantitative estimate of drug-likeness (QED) is 0.763. The van der Waals surface area contributed by atoms with Crippen LogP contribution in [0.1, 0.15) is 42.4 Å². The van der Waals surface area contributed by atoms with Gasteiger partial charge in [-0.15, -0.1) is 0 Å². The van der Waals surface area contributed by atoms with E-state index in [1.165, 1.54) is 0 Å². The zero-order valence-electron chi connectivity index (χ0n) is 14.3. The van der Waals surface area contributed by atoms with E-state index in [0.29, 0.717) is 23.1 Å². The minimum Gasteiger partial charge on any atom is -0.396 e. The number of carbonyl (C=O) groups is 1. The normalized spacial score (nSPS) is 18.0. The molecule has 3 rings (SSSR count). The van der Waals surface area contributed by atoms with Gasteiger partial charge >= 0.3 is 0 Å². The van der Waals surface area contributed by atoms with Gasteiger partial charge < -0.3 is 20.3 Å². The molecule has 1 saturated heterocycles. The second kappa shape index (κ2) is 6.86. The van der Waals surface area contributed by atoms with Crippen LogP contribution < -0.4 is 5.32 Å². The molecule has 7 heteroatoms. The summed E-state index contributed by atoms with van der Waals surface area (Å²) < 4.78 is 0. The summed E-state index contributed by atoms with van der Waals surface area (Å²) in [6.45, 7) is 3.90. The number of hydrogen-bond acceptors (Lipinski definition) is 5. The molecule has 0 unspecified atom stereocenters. The van der Waals surface area contributed by atoms with Gasteiger partial charge in [0.25, 0.3) is 5.91 Å². The minimum absolute atomic E-state index is 0.0692. The van der Waals surface area contributed by atoms with Gasteiger partial charge in [-0.2, -0.15) is 0 Å². The van der Waals surface area contributed by atoms with Gasteiger partial charge in [-0.05, 0) is 32.4 Å². The van der Waals surface area contributed by atoms with Crippen LogP contribution in [0.25, 0.3) is 11.2 Å². The molecule has 0 radical (unpaired) electrons. The van der Waals surface area contributed by atoms with Crippen molar-refractivity contribution in [3.05, 3.63) is 23.7 Å². The highest BCUT2D eigenvalue weighted by molar-refractivity contribution is 6.04. The number of aliphatic hydroxyl groups is 1. The highest BCUT2D eigenvalue weighted by atomic mass is 16.3. The first-order valence-corrected chi connectivity index (χ1v) is 8.52. The van der Waals surface area contributed by atoms with Crippen molar-refractivity contribution in [2.24, 2.45) is 0 Å². The lowest BCUT2D eigenvalue weighted by Gasteiger charge is -2.41. The fourth-order valence-electron chi connectivity index (χ4n) is 3.32. The Kier molecular flexibility index (Phi) is 4.82. The van der Waals surface area contributed by atoms with Crippen LogP contribution in [0, 0.1) is 0 Å². The molecule has 7 nitrogen and oxygen atoms in total. The summed E-state index contributed by atoms with van der Waals surface area (Å²) in [5, 5.41) is 12.6. The van der Waals surface area contributed by atoms with E-state index < -0.39 is 0 Å². The lowest BCUT2D eigenvalue weighted by molar-refractivity contribution is 0.0780. The number of aromatic amines is 1. The van der Waals surface area contributed by atoms with Crippen LogP contribution in [0.15, 0.2) is 12.3 Å². The summed E-state index contributed by atoms with van der Waals surface area (Å²) in [7, 11) is 2.08. The molecule has 0 aromatic carbocycles. The molecule has 1 amide bonds. The van der Waals surface area contributed by atoms with Crippen molar-refractivity contribution in [3.63, 3.8) is 0 Å². The summed E-state index contributed by atoms with van der Waals surface area (Å²) in [6.07, 6.45) is 4.63. The number of nitrogens with zero attached hydrogens (tertiary/aromatic N) is 3. The Bertz CT molecular complexity index is 719. The SMILES string of the molecule is CCc1nc2nccc(C(=O)NC3(CCO)CCN(C)CC3)c2[nH]1. The summed E-state index contributed by atoms with van der Waals surface area (Å²) in [5.41, 5.74) is 1.46. The number of carbonyl (C=O) groups excluding carboxylic acids is 1. The first-order valence-electron chi connectivity index (χ1n) is 8.52. The Balaban J connectivity index is 1.86. The number of likely N-dealkylation sites (tertiary alicyclic amines) is 1. The second-order valence-corrected chi connectivity index (χ2v) is 6.61. The van der Waals surface area contributed by atoms with Crippen molar-refractivity contribution < 1.29 is 9.90 Å². The third-order valence-electron chi connectivity index (χ3n) is 4.93. The number of imidazole rings is 1. The number of rotatable bonds is 5. The summed E-state index contributed by atoms with van der Waals surface area (Å²) in [5.74, 6) is 0.689. The van der Waals surface area contributed by atoms with E-state index in [1.54, 1.807) is 12.3 Å². The highest BCUT2D eigenvalue weighted by Crippen LogP contribution is 2.26. The molecule has 0 atom stereocenters. The van der Waals surface area contributed by atoms with Crippen LogP contribution in [0.4, 0.5) is 0 Å². The van der Waals surface area contributed by atoms with Crippen LogP contribution in [0.5, 0.6) is 0 Å². The average molecular weight is 331 g/mol. The first kappa shape index (κ1) is 16.9. The number of aliphatic hydroxyl groups excluding tert-OH is 1. The smallest absolute Gasteiger partial charge is 0.254 e. The molecule has 2 aromatic rings. The van der Waals surface area contributed by atoms with Crippen LogP contribution in [0.2, 0.25) is 0 Å². The Morgan fingerprint density at radius 2 is 2.21 bits per heavy atom. The number of aryl methyl sites for hydroxylation is 1. The Hall–Kier alpha value is -1.99. The van der Waals surface area contributed by atoms with Crippen LogP contribution >= 0.6 is 0 Å². The monoisotopic (exact) mass is 331 g/mol. The number of aromatic nitrogens is 3. The lowest BCUT2D eigenvalue weighted by Crippen LogP contribution is -2.55. The number of nitrogens with one attached hydrogen (secondary N) is 2. The first-order chi connectivity index (χ1) is 11.6. The number of pyridine rings is 1. The number of H-pyrrole nitrogens is 1. The zero-order valence-corrected chi connectivity index (χ0v) is 14.3. The molecule has 3 heterocycles. The molecule has 0 spiro atoms. The maximum atomic E-state index is 12.9. The van der Waals surface area contributed by atoms with E-state index in [-0.39, 0.29) is 18.1 Å². The molecule has 1 aliphatic rings. The van der Waals surface area contributed by atoms with Gasteiger partial charge in [-0.25, -0.2) is 9.97 Å². The summed E-state index contributed by atoms with van der Waals surface area (Å²) in [4.78, 5) is 27.0. The molecule has 2 aromatic heterocycles. The van der Waals surface area contributed by atoms with Crippen molar-refractivity contribution in [2.75, 3.05) is 26.7 Å². The third kappa shape index (κ3) is 3.27. The third-order valence-corrected chi connectivity index (χ3v) is 4.93. The Morgan fingerprint density at radius 1 is 1.46 bits per heavy atom. The number of amides is 1. The van der Waals surface area contributed by atoms with Crippen molar-refractivity contribution in [2.45, 2.75) is 38.1 Å². The number of fused-ring (bicyclic) bond motifs is 1. The molecule has 0 aliphatic carbocycles. The molecule has 0 saturated carbocycles. The molecule has 24 heavy (non-hydrogen) atoms. The maximum Gasteiger partial charge on any atom is 0.254 e. The van der Waals surface area contributed by atoms with E-state index in [1.807, 2.05) is 6.92 Å². The van der Waals surface area contributed by atoms with Crippen molar-refractivity contribution in [1.29, 1.82) is 0 Å². The van der Waals surface area contributed by atoms with Crippen molar-refractivity contribution >= 4 is 17.1 Å². The van der Waals surface area contributed by atoms with Crippen molar-refractivity contribution in [3.8, 4) is 0 Å². The highest BCUT2D eigenvalue weighted by Gasteiger charge is 2.35. The second-order valence-electron chi connectivity index (χ2n) is 6.61. The molecular formula is C17H25N5O2. The van der Waals surface area contributed by atoms with E-state index >= 15 is 0 Å². The van der Waals surface area contributed by atoms with E-state index in [2.05, 4.69) is 32.2 Å². The molecule has 1 fully saturated rings. The summed E-state index contributed by atoms with van der Waals surface area (Å²) >= 11 is 0. The van der Waals surface area contributed by atoms with Gasteiger partial charge in [0, 0.05) is 37.9 Å². The number of piperidine rings is 1. The number of hydrogen-bond donors (Lipinski definition) is 3. The fraction of sp³-hybridized carbons (Fsp3) is 0.588. The maximum absolute atomic E-state index is 12.9. The Labute approximate surface area is 141 Å². The van der Waals surface area contributed by atoms with Gasteiger partial charge in [0.05, 0.1) is 11.1 Å².